The topological polar surface area (TPSA) is 78.8 Å². The van der Waals surface area contributed by atoms with Crippen molar-refractivity contribution in [2.45, 2.75) is 6.92 Å². The van der Waals surface area contributed by atoms with Gasteiger partial charge in [0.25, 0.3) is 15.9 Å². The number of fused-ring (bicyclic) bond motifs is 1. The van der Waals surface area contributed by atoms with E-state index in [1.807, 2.05) is 25.1 Å². The fourth-order valence-corrected chi connectivity index (χ4v) is 3.48. The maximum Gasteiger partial charge on any atom is 0.257 e. The maximum atomic E-state index is 12.3. The van der Waals surface area contributed by atoms with Gasteiger partial charge in [-0.15, -0.1) is 4.40 Å². The van der Waals surface area contributed by atoms with E-state index in [-0.39, 0.29) is 11.7 Å². The van der Waals surface area contributed by atoms with Crippen molar-refractivity contribution < 1.29 is 13.2 Å². The van der Waals surface area contributed by atoms with Crippen LogP contribution in [0.25, 0.3) is 0 Å². The molecule has 6 nitrogen and oxygen atoms in total. The molecule has 120 valence electrons. The SMILES string of the molecule is Cc1cc(NC(=O)C2=CN3CCS(=O)(=O)N=C3C=C2)ccc1Br. The first-order valence-electron chi connectivity index (χ1n) is 6.91. The average molecular weight is 396 g/mol. The molecule has 0 radical (unpaired) electrons. The molecule has 1 aromatic rings. The van der Waals surface area contributed by atoms with Crippen molar-refractivity contribution in [2.75, 3.05) is 17.6 Å². The summed E-state index contributed by atoms with van der Waals surface area (Å²) in [6, 6.07) is 5.55. The highest BCUT2D eigenvalue weighted by molar-refractivity contribution is 9.10. The van der Waals surface area contributed by atoms with Crippen LogP contribution in [0.15, 0.2) is 51.0 Å². The van der Waals surface area contributed by atoms with Gasteiger partial charge >= 0.3 is 0 Å². The van der Waals surface area contributed by atoms with Crippen molar-refractivity contribution in [2.24, 2.45) is 4.40 Å². The Labute approximate surface area is 142 Å². The molecule has 0 saturated carbocycles. The summed E-state index contributed by atoms with van der Waals surface area (Å²) in [6.07, 6.45) is 4.73. The van der Waals surface area contributed by atoms with Crippen molar-refractivity contribution in [1.82, 2.24) is 4.90 Å². The number of carbonyl (C=O) groups excluding carboxylic acids is 1. The maximum absolute atomic E-state index is 12.3. The molecule has 0 unspecified atom stereocenters. The predicted molar refractivity (Wildman–Crippen MR) is 92.7 cm³/mol. The number of benzene rings is 1. The molecular formula is C15H14BrN3O3S. The van der Waals surface area contributed by atoms with Gasteiger partial charge in [-0.1, -0.05) is 15.9 Å². The van der Waals surface area contributed by atoms with Crippen molar-refractivity contribution in [3.05, 3.63) is 52.2 Å². The summed E-state index contributed by atoms with van der Waals surface area (Å²) >= 11 is 3.42. The Morgan fingerprint density at radius 3 is 2.87 bits per heavy atom. The minimum Gasteiger partial charge on any atom is -0.330 e. The van der Waals surface area contributed by atoms with E-state index < -0.39 is 10.0 Å². The van der Waals surface area contributed by atoms with E-state index in [0.717, 1.165) is 10.0 Å². The number of halogens is 1. The number of carbonyl (C=O) groups is 1. The summed E-state index contributed by atoms with van der Waals surface area (Å²) < 4.78 is 27.6. The molecule has 0 aromatic heterocycles. The molecule has 2 aliphatic rings. The van der Waals surface area contributed by atoms with Crippen LogP contribution in [-0.2, 0) is 14.8 Å². The summed E-state index contributed by atoms with van der Waals surface area (Å²) in [5, 5.41) is 2.83. The van der Waals surface area contributed by atoms with Gasteiger partial charge in [0.15, 0.2) is 0 Å². The molecular weight excluding hydrogens is 382 g/mol. The minimum absolute atomic E-state index is 0.0539. The first kappa shape index (κ1) is 15.9. The Morgan fingerprint density at radius 2 is 2.13 bits per heavy atom. The summed E-state index contributed by atoms with van der Waals surface area (Å²) in [4.78, 5) is 14.0. The Morgan fingerprint density at radius 1 is 1.35 bits per heavy atom. The van der Waals surface area contributed by atoms with Crippen LogP contribution >= 0.6 is 15.9 Å². The third kappa shape index (κ3) is 3.53. The third-order valence-electron chi connectivity index (χ3n) is 3.50. The Kier molecular flexibility index (Phi) is 4.11. The Hall–Kier alpha value is -1.93. The molecule has 0 saturated heterocycles. The number of hydrogen-bond acceptors (Lipinski definition) is 4. The zero-order valence-electron chi connectivity index (χ0n) is 12.3. The molecule has 2 aliphatic heterocycles. The molecule has 0 atom stereocenters. The highest BCUT2D eigenvalue weighted by Crippen LogP contribution is 2.21. The second kappa shape index (κ2) is 5.93. The second-order valence-corrected chi connectivity index (χ2v) is 7.87. The standard InChI is InChI=1S/C15H14BrN3O3S/c1-10-8-12(3-4-13(10)16)17-15(20)11-2-5-14-18-23(21,22)7-6-19(14)9-11/h2-5,8-9H,6-7H2,1H3,(H,17,20). The second-order valence-electron chi connectivity index (χ2n) is 5.26. The number of amidine groups is 1. The minimum atomic E-state index is -3.39. The van der Waals surface area contributed by atoms with Gasteiger partial charge in [0.2, 0.25) is 0 Å². The molecule has 0 fully saturated rings. The van der Waals surface area contributed by atoms with Gasteiger partial charge in [-0.3, -0.25) is 4.79 Å². The van der Waals surface area contributed by atoms with Gasteiger partial charge in [-0.25, -0.2) is 8.42 Å². The zero-order valence-corrected chi connectivity index (χ0v) is 14.7. The number of hydrogen-bond donors (Lipinski definition) is 1. The van der Waals surface area contributed by atoms with Crippen LogP contribution in [0.4, 0.5) is 5.69 Å². The van der Waals surface area contributed by atoms with Crippen molar-refractivity contribution in [1.29, 1.82) is 0 Å². The van der Waals surface area contributed by atoms with Gasteiger partial charge in [-0.05, 0) is 42.8 Å². The summed E-state index contributed by atoms with van der Waals surface area (Å²) in [5.41, 5.74) is 2.17. The lowest BCUT2D eigenvalue weighted by atomic mass is 10.1. The molecule has 1 aromatic carbocycles. The van der Waals surface area contributed by atoms with Gasteiger partial charge < -0.3 is 10.2 Å². The largest absolute Gasteiger partial charge is 0.330 e. The van der Waals surface area contributed by atoms with E-state index in [0.29, 0.717) is 23.6 Å². The number of rotatable bonds is 2. The molecule has 0 aliphatic carbocycles. The van der Waals surface area contributed by atoms with E-state index in [4.69, 9.17) is 0 Å². The van der Waals surface area contributed by atoms with E-state index in [2.05, 4.69) is 25.6 Å². The fourth-order valence-electron chi connectivity index (χ4n) is 2.26. The first-order chi connectivity index (χ1) is 10.8. The number of amides is 1. The molecule has 8 heteroatoms. The molecule has 1 amide bonds. The summed E-state index contributed by atoms with van der Waals surface area (Å²) in [5.74, 6) is 0.0319. The lowest BCUT2D eigenvalue weighted by Gasteiger charge is -2.26. The molecule has 2 heterocycles. The monoisotopic (exact) mass is 395 g/mol. The van der Waals surface area contributed by atoms with Crippen LogP contribution in [0.2, 0.25) is 0 Å². The molecule has 0 bridgehead atoms. The molecule has 0 spiro atoms. The average Bonchev–Trinajstić information content (AvgIpc) is 2.49. The Balaban J connectivity index is 1.78. The summed E-state index contributed by atoms with van der Waals surface area (Å²) in [6.45, 7) is 2.23. The van der Waals surface area contributed by atoms with E-state index >= 15 is 0 Å². The van der Waals surface area contributed by atoms with Gasteiger partial charge in [0.05, 0.1) is 11.3 Å². The lowest BCUT2D eigenvalue weighted by Crippen LogP contribution is -2.37. The number of aryl methyl sites for hydroxylation is 1. The highest BCUT2D eigenvalue weighted by Gasteiger charge is 2.24. The molecule has 23 heavy (non-hydrogen) atoms. The summed E-state index contributed by atoms with van der Waals surface area (Å²) in [7, 11) is -3.39. The van der Waals surface area contributed by atoms with Crippen molar-refractivity contribution in [3.63, 3.8) is 0 Å². The molecule has 1 N–H and O–H groups in total. The van der Waals surface area contributed by atoms with E-state index in [9.17, 15) is 13.2 Å². The van der Waals surface area contributed by atoms with Crippen LogP contribution in [0.5, 0.6) is 0 Å². The third-order valence-corrected chi connectivity index (χ3v) is 5.56. The van der Waals surface area contributed by atoms with Crippen molar-refractivity contribution in [3.8, 4) is 0 Å². The van der Waals surface area contributed by atoms with Gasteiger partial charge in [-0.2, -0.15) is 0 Å². The fraction of sp³-hybridized carbons (Fsp3) is 0.200. The van der Waals surface area contributed by atoms with Crippen LogP contribution in [-0.4, -0.2) is 37.4 Å². The molecule has 3 rings (SSSR count). The lowest BCUT2D eigenvalue weighted by molar-refractivity contribution is -0.112. The van der Waals surface area contributed by atoms with Crippen LogP contribution in [0.1, 0.15) is 5.56 Å². The Bertz CT molecular complexity index is 872. The van der Waals surface area contributed by atoms with Crippen LogP contribution in [0, 0.1) is 6.92 Å². The number of nitrogens with zero attached hydrogens (tertiary/aromatic N) is 2. The number of sulfonamides is 1. The normalized spacial score (nSPS) is 18.8. The number of nitrogens with one attached hydrogen (secondary N) is 1. The van der Waals surface area contributed by atoms with Gasteiger partial charge in [0, 0.05) is 22.9 Å². The van der Waals surface area contributed by atoms with E-state index in [1.165, 1.54) is 0 Å². The van der Waals surface area contributed by atoms with E-state index in [1.54, 1.807) is 23.3 Å². The van der Waals surface area contributed by atoms with Crippen LogP contribution in [0.3, 0.4) is 0 Å². The van der Waals surface area contributed by atoms with Gasteiger partial charge in [0.1, 0.15) is 5.84 Å². The highest BCUT2D eigenvalue weighted by atomic mass is 79.9. The zero-order chi connectivity index (χ0) is 16.6. The quantitative estimate of drug-likeness (QED) is 0.832. The smallest absolute Gasteiger partial charge is 0.257 e. The predicted octanol–water partition coefficient (Wildman–Crippen LogP) is 2.19. The number of anilines is 1. The van der Waals surface area contributed by atoms with Crippen molar-refractivity contribution >= 4 is 43.4 Å². The first-order valence-corrected chi connectivity index (χ1v) is 9.31. The van der Waals surface area contributed by atoms with Crippen LogP contribution < -0.4 is 5.32 Å².